The van der Waals surface area contributed by atoms with E-state index in [0.29, 0.717) is 5.57 Å². The molecule has 2 aliphatic rings. The van der Waals surface area contributed by atoms with E-state index in [2.05, 4.69) is 4.79 Å². The van der Waals surface area contributed by atoms with Gasteiger partial charge in [-0.3, -0.25) is 4.55 Å². The molecule has 2 rings (SSSR count). The van der Waals surface area contributed by atoms with Crippen molar-refractivity contribution in [3.05, 3.63) is 52.0 Å². The fourth-order valence-corrected chi connectivity index (χ4v) is 2.50. The van der Waals surface area contributed by atoms with Crippen molar-refractivity contribution < 1.29 is 17.8 Å². The van der Waals surface area contributed by atoms with Crippen molar-refractivity contribution in [1.82, 2.24) is 0 Å². The lowest BCUT2D eigenvalue weighted by atomic mass is 9.91. The summed E-state index contributed by atoms with van der Waals surface area (Å²) in [4.78, 5) is 2.88. The van der Waals surface area contributed by atoms with Crippen LogP contribution in [0.2, 0.25) is 0 Å². The van der Waals surface area contributed by atoms with E-state index in [9.17, 15) is 8.42 Å². The van der Waals surface area contributed by atoms with Gasteiger partial charge in [-0.25, -0.2) is 0 Å². The lowest BCUT2D eigenvalue weighted by Crippen LogP contribution is -2.16. The van der Waals surface area contributed by atoms with Gasteiger partial charge in [-0.05, 0) is 5.57 Å². The molecule has 82 valence electrons. The van der Waals surface area contributed by atoms with Crippen LogP contribution in [0.4, 0.5) is 0 Å². The van der Waals surface area contributed by atoms with E-state index in [-0.39, 0.29) is 22.6 Å². The van der Waals surface area contributed by atoms with Gasteiger partial charge in [0.15, 0.2) is 0 Å². The van der Waals surface area contributed by atoms with Crippen molar-refractivity contribution in [3.63, 3.8) is 0 Å². The van der Waals surface area contributed by atoms with Gasteiger partial charge in [0.1, 0.15) is 0 Å². The van der Waals surface area contributed by atoms with Crippen molar-refractivity contribution in [2.45, 2.75) is 6.42 Å². The highest BCUT2D eigenvalue weighted by Gasteiger charge is 2.30. The molecular weight excluding hydrogens is 228 g/mol. The molecule has 5 nitrogen and oxygen atoms in total. The first-order chi connectivity index (χ1) is 7.54. The summed E-state index contributed by atoms with van der Waals surface area (Å²) in [7, 11) is -4.28. The molecule has 6 heteroatoms. The van der Waals surface area contributed by atoms with Crippen LogP contribution < -0.4 is 0 Å². The molecule has 0 fully saturated rings. The summed E-state index contributed by atoms with van der Waals surface area (Å²) in [6.45, 7) is 0. The second kappa shape index (κ2) is 3.68. The molecule has 0 radical (unpaired) electrons. The van der Waals surface area contributed by atoms with Crippen molar-refractivity contribution >= 4 is 15.8 Å². The zero-order valence-corrected chi connectivity index (χ0v) is 8.98. The summed E-state index contributed by atoms with van der Waals surface area (Å²) < 4.78 is 31.4. The number of hydrogen-bond acceptors (Lipinski definition) is 2. The Kier molecular flexibility index (Phi) is 2.47. The fourth-order valence-electron chi connectivity index (χ4n) is 1.71. The van der Waals surface area contributed by atoms with Crippen LogP contribution in [0.5, 0.6) is 0 Å². The summed E-state index contributed by atoms with van der Waals surface area (Å²) >= 11 is 0. The monoisotopic (exact) mass is 236 g/mol. The van der Waals surface area contributed by atoms with Gasteiger partial charge < -0.3 is 5.53 Å². The maximum Gasteiger partial charge on any atom is 0.324 e. The fraction of sp³-hybridized carbons (Fsp3) is 0.100. The Balaban J connectivity index is 2.76. The molecule has 0 aromatic heterocycles. The molecule has 0 amide bonds. The highest BCUT2D eigenvalue weighted by atomic mass is 32.2. The minimum Gasteiger partial charge on any atom is -0.361 e. The van der Waals surface area contributed by atoms with Crippen LogP contribution in [0.3, 0.4) is 0 Å². The molecule has 0 atom stereocenters. The standard InChI is InChI=1S/C10H8N2O3S/c11-12-8-5-1-3-7-4-2-6-9(10(7)8)16(13,14)15/h1-5H,6H2,(H,13,14,15). The first-order valence-electron chi connectivity index (χ1n) is 4.52. The van der Waals surface area contributed by atoms with E-state index in [1.54, 1.807) is 24.3 Å². The molecule has 2 aliphatic carbocycles. The lowest BCUT2D eigenvalue weighted by Gasteiger charge is -2.14. The molecule has 1 N–H and O–H groups in total. The normalized spacial score (nSPS) is 19.3. The van der Waals surface area contributed by atoms with Crippen LogP contribution in [0, 0.1) is 0 Å². The van der Waals surface area contributed by atoms with Crippen molar-refractivity contribution in [1.29, 1.82) is 0 Å². The van der Waals surface area contributed by atoms with E-state index in [0.717, 1.165) is 0 Å². The Morgan fingerprint density at radius 3 is 2.75 bits per heavy atom. The second-order valence-electron chi connectivity index (χ2n) is 3.35. The highest BCUT2D eigenvalue weighted by Crippen LogP contribution is 2.30. The summed E-state index contributed by atoms with van der Waals surface area (Å²) in [5.74, 6) is 0. The van der Waals surface area contributed by atoms with E-state index in [4.69, 9.17) is 10.1 Å². The third kappa shape index (κ3) is 1.69. The van der Waals surface area contributed by atoms with Gasteiger partial charge in [0, 0.05) is 12.5 Å². The zero-order chi connectivity index (χ0) is 11.8. The van der Waals surface area contributed by atoms with E-state index >= 15 is 0 Å². The van der Waals surface area contributed by atoms with E-state index in [1.807, 2.05) is 0 Å². The van der Waals surface area contributed by atoms with Crippen LogP contribution in [0.1, 0.15) is 6.42 Å². The van der Waals surface area contributed by atoms with E-state index in [1.165, 1.54) is 6.08 Å². The number of rotatable bonds is 1. The Morgan fingerprint density at radius 1 is 1.38 bits per heavy atom. The SMILES string of the molecule is [N-]=[N+]=C1C=CC=C2C=CCC(S(=O)(=O)O)=C21. The molecule has 0 heterocycles. The number of hydrogen-bond donors (Lipinski definition) is 1. The van der Waals surface area contributed by atoms with Crippen LogP contribution >= 0.6 is 0 Å². The van der Waals surface area contributed by atoms with Crippen LogP contribution in [-0.2, 0) is 10.1 Å². The maximum atomic E-state index is 11.2. The number of fused-ring (bicyclic) bond motifs is 1. The summed E-state index contributed by atoms with van der Waals surface area (Å²) in [6, 6.07) is 0. The van der Waals surface area contributed by atoms with Gasteiger partial charge in [-0.1, -0.05) is 24.3 Å². The molecule has 0 saturated carbocycles. The molecule has 0 aromatic rings. The Morgan fingerprint density at radius 2 is 2.12 bits per heavy atom. The molecule has 0 saturated heterocycles. The first kappa shape index (κ1) is 10.8. The molecule has 0 aromatic carbocycles. The Hall–Kier alpha value is -1.75. The predicted octanol–water partition coefficient (Wildman–Crippen LogP) is 1.26. The first-order valence-corrected chi connectivity index (χ1v) is 5.96. The average molecular weight is 236 g/mol. The predicted molar refractivity (Wildman–Crippen MR) is 58.2 cm³/mol. The smallest absolute Gasteiger partial charge is 0.324 e. The summed E-state index contributed by atoms with van der Waals surface area (Å²) in [5, 5.41) is 0. The third-order valence-corrected chi connectivity index (χ3v) is 3.37. The lowest BCUT2D eigenvalue weighted by molar-refractivity contribution is -0.00240. The highest BCUT2D eigenvalue weighted by molar-refractivity contribution is 7.89. The molecule has 0 spiro atoms. The van der Waals surface area contributed by atoms with Gasteiger partial charge in [0.2, 0.25) is 0 Å². The second-order valence-corrected chi connectivity index (χ2v) is 4.79. The van der Waals surface area contributed by atoms with Crippen LogP contribution in [-0.4, -0.2) is 23.5 Å². The van der Waals surface area contributed by atoms with Gasteiger partial charge in [0.05, 0.1) is 10.5 Å². The van der Waals surface area contributed by atoms with Crippen molar-refractivity contribution in [2.75, 3.05) is 0 Å². The van der Waals surface area contributed by atoms with Crippen LogP contribution in [0.15, 0.2) is 46.4 Å². The third-order valence-electron chi connectivity index (χ3n) is 2.37. The van der Waals surface area contributed by atoms with Gasteiger partial charge in [0.25, 0.3) is 10.1 Å². The molecule has 0 aliphatic heterocycles. The quantitative estimate of drug-likeness (QED) is 0.422. The summed E-state index contributed by atoms with van der Waals surface area (Å²) in [6.07, 6.45) is 8.25. The van der Waals surface area contributed by atoms with Crippen molar-refractivity contribution in [3.8, 4) is 0 Å². The molecular formula is C10H8N2O3S. The number of nitrogens with zero attached hydrogens (tertiary/aromatic N) is 2. The van der Waals surface area contributed by atoms with Gasteiger partial charge in [-0.2, -0.15) is 13.2 Å². The van der Waals surface area contributed by atoms with Crippen LogP contribution in [0.25, 0.3) is 5.53 Å². The Labute approximate surface area is 92.5 Å². The molecule has 0 bridgehead atoms. The zero-order valence-electron chi connectivity index (χ0n) is 8.16. The van der Waals surface area contributed by atoms with Gasteiger partial charge in [-0.15, -0.1) is 0 Å². The van der Waals surface area contributed by atoms with Gasteiger partial charge >= 0.3 is 5.71 Å². The maximum absolute atomic E-state index is 11.2. The Bertz CT molecular complexity index is 614. The van der Waals surface area contributed by atoms with Crippen molar-refractivity contribution in [2.24, 2.45) is 0 Å². The summed E-state index contributed by atoms with van der Waals surface area (Å²) in [5.41, 5.74) is 9.79. The number of allylic oxidation sites excluding steroid dienone is 8. The van der Waals surface area contributed by atoms with E-state index < -0.39 is 10.1 Å². The largest absolute Gasteiger partial charge is 0.361 e. The molecule has 16 heavy (non-hydrogen) atoms. The topological polar surface area (TPSA) is 90.8 Å². The molecule has 0 unspecified atom stereocenters. The average Bonchev–Trinajstić information content (AvgIpc) is 2.26. The minimum atomic E-state index is -4.28. The minimum absolute atomic E-state index is 0.0956.